The van der Waals surface area contributed by atoms with Crippen molar-refractivity contribution < 1.29 is 19.4 Å². The minimum Gasteiger partial charge on any atom is -0.496 e. The number of methoxy groups -OCH3 is 1. The molecule has 0 bridgehead atoms. The highest BCUT2D eigenvalue weighted by Gasteiger charge is 2.19. The highest BCUT2D eigenvalue weighted by molar-refractivity contribution is 5.92. The molecule has 1 aromatic carbocycles. The van der Waals surface area contributed by atoms with Crippen LogP contribution in [-0.4, -0.2) is 33.9 Å². The van der Waals surface area contributed by atoms with Gasteiger partial charge in [0.15, 0.2) is 0 Å². The average Bonchev–Trinajstić information content (AvgIpc) is 3.30. The molecule has 1 aliphatic rings. The second-order valence-electron chi connectivity index (χ2n) is 6.14. The van der Waals surface area contributed by atoms with Crippen molar-refractivity contribution in [2.45, 2.75) is 38.3 Å². The molecule has 132 valence electrons. The molecule has 3 rings (SSSR count). The van der Waals surface area contributed by atoms with Gasteiger partial charge in [-0.1, -0.05) is 18.9 Å². The molecule has 0 spiro atoms. The fraction of sp³-hybridized carbons (Fsp3) is 0.389. The van der Waals surface area contributed by atoms with Crippen LogP contribution < -0.4 is 10.1 Å². The minimum atomic E-state index is -1.05. The Morgan fingerprint density at radius 3 is 2.76 bits per heavy atom. The molecule has 0 aliphatic heterocycles. The van der Waals surface area contributed by atoms with E-state index < -0.39 is 5.97 Å². The first kappa shape index (κ1) is 17.0. The van der Waals surface area contributed by atoms with Crippen molar-refractivity contribution in [2.75, 3.05) is 7.11 Å². The lowest BCUT2D eigenvalue weighted by molar-refractivity contribution is 0.0693. The first-order valence-electron chi connectivity index (χ1n) is 8.32. The number of aromatic nitrogens is 2. The van der Waals surface area contributed by atoms with Crippen LogP contribution in [-0.2, 0) is 6.54 Å². The van der Waals surface area contributed by atoms with E-state index in [4.69, 9.17) is 9.84 Å². The van der Waals surface area contributed by atoms with Crippen molar-refractivity contribution in [3.63, 3.8) is 0 Å². The maximum absolute atomic E-state index is 12.3. The minimum absolute atomic E-state index is 0.0906. The Hall–Kier alpha value is -2.83. The zero-order valence-electron chi connectivity index (χ0n) is 14.1. The summed E-state index contributed by atoms with van der Waals surface area (Å²) in [5, 5.41) is 16.3. The highest BCUT2D eigenvalue weighted by Crippen LogP contribution is 2.28. The summed E-state index contributed by atoms with van der Waals surface area (Å²) in [6.07, 6.45) is 6.49. The van der Waals surface area contributed by atoms with E-state index in [0.717, 1.165) is 18.4 Å². The number of nitrogens with one attached hydrogen (secondary N) is 1. The Morgan fingerprint density at radius 1 is 1.32 bits per heavy atom. The predicted octanol–water partition coefficient (Wildman–Crippen LogP) is 2.64. The molecule has 0 radical (unpaired) electrons. The van der Waals surface area contributed by atoms with Gasteiger partial charge in [-0.25, -0.2) is 4.79 Å². The number of carbonyl (C=O) groups is 2. The summed E-state index contributed by atoms with van der Waals surface area (Å²) in [5.41, 5.74) is 1.24. The predicted molar refractivity (Wildman–Crippen MR) is 90.9 cm³/mol. The van der Waals surface area contributed by atoms with Gasteiger partial charge in [0.2, 0.25) is 0 Å². The van der Waals surface area contributed by atoms with Gasteiger partial charge in [-0.3, -0.25) is 9.48 Å². The van der Waals surface area contributed by atoms with Crippen LogP contribution in [0.1, 0.15) is 58.1 Å². The van der Waals surface area contributed by atoms with Gasteiger partial charge >= 0.3 is 5.97 Å². The van der Waals surface area contributed by atoms with Crippen molar-refractivity contribution in [3.8, 4) is 5.75 Å². The summed E-state index contributed by atoms with van der Waals surface area (Å²) < 4.78 is 6.97. The van der Waals surface area contributed by atoms with Crippen LogP contribution in [0.25, 0.3) is 0 Å². The maximum atomic E-state index is 12.3. The van der Waals surface area contributed by atoms with Crippen LogP contribution in [0.15, 0.2) is 30.5 Å². The number of aromatic carboxylic acids is 1. The zero-order chi connectivity index (χ0) is 17.8. The topological polar surface area (TPSA) is 93.5 Å². The molecule has 7 heteroatoms. The molecule has 1 aliphatic carbocycles. The molecule has 0 atom stereocenters. The quantitative estimate of drug-likeness (QED) is 0.841. The number of nitrogens with zero attached hydrogens (tertiary/aromatic N) is 2. The number of carboxylic acid groups (broad SMARTS) is 1. The molecule has 1 fully saturated rings. The summed E-state index contributed by atoms with van der Waals surface area (Å²) in [7, 11) is 1.42. The van der Waals surface area contributed by atoms with Gasteiger partial charge in [0.1, 0.15) is 17.0 Å². The molecule has 1 heterocycles. The second kappa shape index (κ2) is 7.38. The number of amides is 1. The molecular weight excluding hydrogens is 322 g/mol. The lowest BCUT2D eigenvalue weighted by Gasteiger charge is -2.09. The van der Waals surface area contributed by atoms with Crippen molar-refractivity contribution in [1.82, 2.24) is 15.1 Å². The molecule has 1 saturated carbocycles. The summed E-state index contributed by atoms with van der Waals surface area (Å²) in [5.74, 6) is -1.03. The van der Waals surface area contributed by atoms with Gasteiger partial charge in [0.25, 0.3) is 5.91 Å². The number of carbonyl (C=O) groups excluding carboxylic acids is 1. The third-order valence-corrected chi connectivity index (χ3v) is 4.49. The van der Waals surface area contributed by atoms with E-state index in [0.29, 0.717) is 11.7 Å². The van der Waals surface area contributed by atoms with E-state index in [1.54, 1.807) is 18.2 Å². The zero-order valence-corrected chi connectivity index (χ0v) is 14.1. The fourth-order valence-corrected chi connectivity index (χ4v) is 3.13. The Bertz CT molecular complexity index is 778. The number of carboxylic acids is 1. The highest BCUT2D eigenvalue weighted by atomic mass is 16.5. The Balaban J connectivity index is 1.63. The van der Waals surface area contributed by atoms with Gasteiger partial charge in [0.05, 0.1) is 13.2 Å². The molecule has 2 N–H and O–H groups in total. The number of benzene rings is 1. The van der Waals surface area contributed by atoms with Crippen molar-refractivity contribution >= 4 is 11.9 Å². The van der Waals surface area contributed by atoms with E-state index in [-0.39, 0.29) is 23.8 Å². The molecule has 2 aromatic rings. The smallest absolute Gasteiger partial charge is 0.339 e. The van der Waals surface area contributed by atoms with Crippen molar-refractivity contribution in [1.29, 1.82) is 0 Å². The first-order chi connectivity index (χ1) is 12.1. The van der Waals surface area contributed by atoms with E-state index in [1.807, 2.05) is 10.9 Å². The molecule has 0 unspecified atom stereocenters. The molecule has 25 heavy (non-hydrogen) atoms. The third-order valence-electron chi connectivity index (χ3n) is 4.49. The monoisotopic (exact) mass is 343 g/mol. The summed E-state index contributed by atoms with van der Waals surface area (Å²) in [6, 6.07) is 6.86. The van der Waals surface area contributed by atoms with E-state index in [1.165, 1.54) is 26.0 Å². The van der Waals surface area contributed by atoms with E-state index in [2.05, 4.69) is 10.4 Å². The number of ether oxygens (including phenoxy) is 1. The van der Waals surface area contributed by atoms with Crippen LogP contribution in [0.4, 0.5) is 0 Å². The van der Waals surface area contributed by atoms with Gasteiger partial charge in [-0.15, -0.1) is 0 Å². The number of hydrogen-bond acceptors (Lipinski definition) is 4. The normalized spacial score (nSPS) is 14.4. The number of hydrogen-bond donors (Lipinski definition) is 2. The van der Waals surface area contributed by atoms with Gasteiger partial charge in [-0.2, -0.15) is 5.10 Å². The van der Waals surface area contributed by atoms with Crippen molar-refractivity contribution in [2.24, 2.45) is 0 Å². The average molecular weight is 343 g/mol. The van der Waals surface area contributed by atoms with Crippen LogP contribution in [0, 0.1) is 0 Å². The summed E-state index contributed by atoms with van der Waals surface area (Å²) >= 11 is 0. The fourth-order valence-electron chi connectivity index (χ4n) is 3.13. The maximum Gasteiger partial charge on any atom is 0.339 e. The van der Waals surface area contributed by atoms with Crippen LogP contribution in [0.2, 0.25) is 0 Å². The largest absolute Gasteiger partial charge is 0.496 e. The molecule has 7 nitrogen and oxygen atoms in total. The Labute approximate surface area is 145 Å². The summed E-state index contributed by atoms with van der Waals surface area (Å²) in [4.78, 5) is 23.4. The van der Waals surface area contributed by atoms with E-state index >= 15 is 0 Å². The third kappa shape index (κ3) is 3.81. The summed E-state index contributed by atoms with van der Waals surface area (Å²) in [6.45, 7) is 0.269. The number of rotatable bonds is 6. The molecule has 1 amide bonds. The van der Waals surface area contributed by atoms with Gasteiger partial charge in [0, 0.05) is 12.7 Å². The standard InChI is InChI=1S/C18H21N3O4/c1-25-16-10-12(6-7-14(16)18(23)24)11-19-17(22)15-8-9-21(20-15)13-4-2-3-5-13/h6-10,13H,2-5,11H2,1H3,(H,19,22)(H,23,24). The molecule has 0 saturated heterocycles. The van der Waals surface area contributed by atoms with E-state index in [9.17, 15) is 9.59 Å². The van der Waals surface area contributed by atoms with Crippen LogP contribution in [0.3, 0.4) is 0 Å². The molecule has 1 aromatic heterocycles. The molecular formula is C18H21N3O4. The first-order valence-corrected chi connectivity index (χ1v) is 8.32. The van der Waals surface area contributed by atoms with Gasteiger partial charge in [-0.05, 0) is 36.6 Å². The Morgan fingerprint density at radius 2 is 2.08 bits per heavy atom. The lowest BCUT2D eigenvalue weighted by atomic mass is 10.1. The Kier molecular flexibility index (Phi) is 5.02. The lowest BCUT2D eigenvalue weighted by Crippen LogP contribution is -2.23. The van der Waals surface area contributed by atoms with Crippen LogP contribution in [0.5, 0.6) is 5.75 Å². The van der Waals surface area contributed by atoms with Gasteiger partial charge < -0.3 is 15.2 Å². The van der Waals surface area contributed by atoms with Crippen LogP contribution >= 0.6 is 0 Å². The SMILES string of the molecule is COc1cc(CNC(=O)c2ccn(C3CCCC3)n2)ccc1C(=O)O. The van der Waals surface area contributed by atoms with Crippen molar-refractivity contribution in [3.05, 3.63) is 47.3 Å². The second-order valence-corrected chi connectivity index (χ2v) is 6.14.